The number of fused-ring (bicyclic) bond motifs is 1. The molecule has 1 heterocycles. The fourth-order valence-electron chi connectivity index (χ4n) is 1.03. The van der Waals surface area contributed by atoms with Crippen molar-refractivity contribution < 1.29 is 9.32 Å². The first kappa shape index (κ1) is 4.73. The molecule has 0 aromatic carbocycles. The lowest BCUT2D eigenvalue weighted by molar-refractivity contribution is 0.0985. The van der Waals surface area contributed by atoms with Gasteiger partial charge in [0.25, 0.3) is 0 Å². The molecule has 9 heavy (non-hydrogen) atoms. The van der Waals surface area contributed by atoms with Gasteiger partial charge in [-0.2, -0.15) is 0 Å². The summed E-state index contributed by atoms with van der Waals surface area (Å²) in [4.78, 5) is 10.8. The van der Waals surface area contributed by atoms with Gasteiger partial charge in [-0.1, -0.05) is 5.16 Å². The summed E-state index contributed by atoms with van der Waals surface area (Å²) in [6.07, 6.45) is 2.95. The van der Waals surface area contributed by atoms with E-state index in [0.29, 0.717) is 12.1 Å². The monoisotopic (exact) mass is 123 g/mol. The van der Waals surface area contributed by atoms with E-state index in [2.05, 4.69) is 9.68 Å². The molecule has 0 spiro atoms. The van der Waals surface area contributed by atoms with Crippen molar-refractivity contribution in [1.82, 2.24) is 5.16 Å². The fourth-order valence-corrected chi connectivity index (χ4v) is 1.03. The van der Waals surface area contributed by atoms with Crippen LogP contribution in [0, 0.1) is 0 Å². The van der Waals surface area contributed by atoms with Gasteiger partial charge in [0.1, 0.15) is 6.26 Å². The summed E-state index contributed by atoms with van der Waals surface area (Å²) in [6.45, 7) is 0. The normalized spacial score (nSPS) is 16.2. The highest BCUT2D eigenvalue weighted by Gasteiger charge is 2.22. The predicted molar refractivity (Wildman–Crippen MR) is 29.2 cm³/mol. The molecule has 0 atom stereocenters. The second kappa shape index (κ2) is 1.43. The van der Waals surface area contributed by atoms with E-state index in [9.17, 15) is 4.79 Å². The van der Waals surface area contributed by atoms with Crippen molar-refractivity contribution in [1.29, 1.82) is 0 Å². The Morgan fingerprint density at radius 3 is 3.22 bits per heavy atom. The molecular weight excluding hydrogens is 118 g/mol. The Morgan fingerprint density at radius 1 is 1.56 bits per heavy atom. The maximum absolute atomic E-state index is 10.8. The Labute approximate surface area is 51.6 Å². The Hall–Kier alpha value is -1.12. The lowest BCUT2D eigenvalue weighted by Crippen LogP contribution is -1.90. The molecule has 0 saturated carbocycles. The average Bonchev–Trinajstić information content (AvgIpc) is 2.35. The quantitative estimate of drug-likeness (QED) is 0.512. The molecule has 1 aliphatic rings. The van der Waals surface area contributed by atoms with Crippen molar-refractivity contribution in [2.75, 3.05) is 0 Å². The molecule has 46 valence electrons. The third kappa shape index (κ3) is 0.512. The molecule has 0 bridgehead atoms. The number of aromatic nitrogens is 1. The molecule has 0 saturated heterocycles. The Balaban J connectivity index is 2.61. The van der Waals surface area contributed by atoms with Crippen molar-refractivity contribution in [3.05, 3.63) is 17.5 Å². The van der Waals surface area contributed by atoms with Crippen molar-refractivity contribution in [3.8, 4) is 0 Å². The minimum atomic E-state index is 0.110. The molecule has 0 amide bonds. The maximum atomic E-state index is 10.8. The van der Waals surface area contributed by atoms with Crippen molar-refractivity contribution >= 4 is 5.78 Å². The first-order valence-electron chi connectivity index (χ1n) is 2.84. The number of carbonyl (C=O) groups is 1. The average molecular weight is 123 g/mol. The van der Waals surface area contributed by atoms with Gasteiger partial charge < -0.3 is 4.52 Å². The number of hydrogen-bond donors (Lipinski definition) is 0. The van der Waals surface area contributed by atoms with Gasteiger partial charge in [-0.25, -0.2) is 0 Å². The summed E-state index contributed by atoms with van der Waals surface area (Å²) in [7, 11) is 0. The van der Waals surface area contributed by atoms with Gasteiger partial charge >= 0.3 is 0 Å². The van der Waals surface area contributed by atoms with E-state index in [1.807, 2.05) is 0 Å². The second-order valence-corrected chi connectivity index (χ2v) is 2.11. The first-order valence-corrected chi connectivity index (χ1v) is 2.84. The van der Waals surface area contributed by atoms with Gasteiger partial charge in [-0.3, -0.25) is 4.79 Å². The molecule has 0 N–H and O–H groups in total. The molecule has 1 aromatic heterocycles. The molecule has 2 rings (SSSR count). The number of Topliss-reactive ketones (excluding diaryl/α,β-unsaturated/α-hetero) is 1. The van der Waals surface area contributed by atoms with Crippen molar-refractivity contribution in [2.24, 2.45) is 0 Å². The van der Waals surface area contributed by atoms with Gasteiger partial charge in [0, 0.05) is 12.0 Å². The summed E-state index contributed by atoms with van der Waals surface area (Å²) in [5.41, 5.74) is 1.50. The van der Waals surface area contributed by atoms with Crippen molar-refractivity contribution in [2.45, 2.75) is 12.8 Å². The van der Waals surface area contributed by atoms with Crippen LogP contribution in [-0.4, -0.2) is 10.9 Å². The SMILES string of the molecule is O=C1CCc2conc21. The van der Waals surface area contributed by atoms with E-state index in [1.165, 1.54) is 0 Å². The van der Waals surface area contributed by atoms with Crippen LogP contribution in [0.5, 0.6) is 0 Å². The van der Waals surface area contributed by atoms with Gasteiger partial charge in [-0.05, 0) is 6.42 Å². The molecular formula is C6H5NO2. The van der Waals surface area contributed by atoms with Crippen LogP contribution in [0.4, 0.5) is 0 Å². The van der Waals surface area contributed by atoms with Crippen LogP contribution in [0.1, 0.15) is 22.5 Å². The predicted octanol–water partition coefficient (Wildman–Crippen LogP) is 0.803. The van der Waals surface area contributed by atoms with Crippen LogP contribution in [-0.2, 0) is 6.42 Å². The fraction of sp³-hybridized carbons (Fsp3) is 0.333. The summed E-state index contributed by atoms with van der Waals surface area (Å²) in [6, 6.07) is 0. The van der Waals surface area contributed by atoms with Crippen LogP contribution >= 0.6 is 0 Å². The number of rotatable bonds is 0. The van der Waals surface area contributed by atoms with Gasteiger partial charge in [0.05, 0.1) is 0 Å². The largest absolute Gasteiger partial charge is 0.364 e. The number of carbonyl (C=O) groups excluding carboxylic acids is 1. The Kier molecular flexibility index (Phi) is 0.754. The Bertz CT molecular complexity index is 251. The lowest BCUT2D eigenvalue weighted by Gasteiger charge is -1.76. The number of aryl methyl sites for hydroxylation is 1. The summed E-state index contributed by atoms with van der Waals surface area (Å²) < 4.78 is 4.59. The van der Waals surface area contributed by atoms with Crippen LogP contribution < -0.4 is 0 Å². The van der Waals surface area contributed by atoms with E-state index >= 15 is 0 Å². The Morgan fingerprint density at radius 2 is 2.44 bits per heavy atom. The summed E-state index contributed by atoms with van der Waals surface area (Å²) in [5, 5.41) is 3.55. The zero-order valence-corrected chi connectivity index (χ0v) is 4.76. The minimum absolute atomic E-state index is 0.110. The van der Waals surface area contributed by atoms with Crippen molar-refractivity contribution in [3.63, 3.8) is 0 Å². The molecule has 1 aliphatic carbocycles. The number of nitrogens with zero attached hydrogens (tertiary/aromatic N) is 1. The van der Waals surface area contributed by atoms with E-state index in [4.69, 9.17) is 0 Å². The third-order valence-electron chi connectivity index (χ3n) is 1.53. The van der Waals surface area contributed by atoms with E-state index in [0.717, 1.165) is 12.0 Å². The zero-order valence-electron chi connectivity index (χ0n) is 4.76. The van der Waals surface area contributed by atoms with Crippen LogP contribution in [0.2, 0.25) is 0 Å². The maximum Gasteiger partial charge on any atom is 0.185 e. The summed E-state index contributed by atoms with van der Waals surface area (Å²) in [5.74, 6) is 0.110. The van der Waals surface area contributed by atoms with Crippen LogP contribution in [0.15, 0.2) is 10.8 Å². The van der Waals surface area contributed by atoms with Gasteiger partial charge in [-0.15, -0.1) is 0 Å². The van der Waals surface area contributed by atoms with Gasteiger partial charge in [0.15, 0.2) is 11.5 Å². The molecule has 3 nitrogen and oxygen atoms in total. The number of hydrogen-bond acceptors (Lipinski definition) is 3. The van der Waals surface area contributed by atoms with E-state index in [1.54, 1.807) is 6.26 Å². The van der Waals surface area contributed by atoms with Crippen LogP contribution in [0.25, 0.3) is 0 Å². The topological polar surface area (TPSA) is 43.1 Å². The van der Waals surface area contributed by atoms with Gasteiger partial charge in [0.2, 0.25) is 0 Å². The highest BCUT2D eigenvalue weighted by molar-refractivity contribution is 5.98. The zero-order chi connectivity index (χ0) is 6.27. The third-order valence-corrected chi connectivity index (χ3v) is 1.53. The number of ketones is 1. The summed E-state index contributed by atoms with van der Waals surface area (Å²) >= 11 is 0. The smallest absolute Gasteiger partial charge is 0.185 e. The van der Waals surface area contributed by atoms with E-state index in [-0.39, 0.29) is 5.78 Å². The van der Waals surface area contributed by atoms with E-state index < -0.39 is 0 Å². The highest BCUT2D eigenvalue weighted by atomic mass is 16.5. The lowest BCUT2D eigenvalue weighted by atomic mass is 10.3. The minimum Gasteiger partial charge on any atom is -0.364 e. The molecule has 3 heteroatoms. The van der Waals surface area contributed by atoms with Crippen LogP contribution in [0.3, 0.4) is 0 Å². The first-order chi connectivity index (χ1) is 4.38. The molecule has 1 aromatic rings. The molecule has 0 aliphatic heterocycles. The molecule has 0 fully saturated rings. The molecule has 0 radical (unpaired) electrons. The standard InChI is InChI=1S/C6H5NO2/c8-5-2-1-4-3-9-7-6(4)5/h3H,1-2H2. The second-order valence-electron chi connectivity index (χ2n) is 2.11. The molecule has 0 unspecified atom stereocenters. The highest BCUT2D eigenvalue weighted by Crippen LogP contribution is 2.19.